The number of hydrogen-bond acceptors (Lipinski definition) is 6. The number of benzene rings is 1. The van der Waals surface area contributed by atoms with Crippen LogP contribution in [0.15, 0.2) is 54.9 Å². The van der Waals surface area contributed by atoms with Crippen LogP contribution in [0.4, 0.5) is 5.69 Å². The van der Waals surface area contributed by atoms with E-state index in [0.717, 1.165) is 11.4 Å². The summed E-state index contributed by atoms with van der Waals surface area (Å²) in [5.74, 6) is 1.10. The third-order valence-electron chi connectivity index (χ3n) is 4.29. The number of aryl methyl sites for hydroxylation is 1. The summed E-state index contributed by atoms with van der Waals surface area (Å²) >= 11 is 0. The Bertz CT molecular complexity index is 1120. The van der Waals surface area contributed by atoms with Gasteiger partial charge in [-0.2, -0.15) is 9.78 Å². The van der Waals surface area contributed by atoms with E-state index in [1.807, 2.05) is 56.3 Å². The van der Waals surface area contributed by atoms with E-state index in [2.05, 4.69) is 30.9 Å². The fraction of sp³-hybridized carbons (Fsp3) is 0.158. The van der Waals surface area contributed by atoms with Gasteiger partial charge in [-0.05, 0) is 54.1 Å². The van der Waals surface area contributed by atoms with Crippen LogP contribution in [0.25, 0.3) is 11.5 Å². The second kappa shape index (κ2) is 7.39. The number of hydrogen-bond donors (Lipinski definition) is 1. The van der Waals surface area contributed by atoms with E-state index in [0.29, 0.717) is 29.3 Å². The zero-order valence-electron chi connectivity index (χ0n) is 15.4. The van der Waals surface area contributed by atoms with Crippen LogP contribution in [0.2, 0.25) is 0 Å². The Kier molecular flexibility index (Phi) is 4.63. The van der Waals surface area contributed by atoms with E-state index in [-0.39, 0.29) is 5.91 Å². The molecule has 3 heterocycles. The van der Waals surface area contributed by atoms with Crippen molar-refractivity contribution < 1.29 is 4.79 Å². The van der Waals surface area contributed by atoms with E-state index >= 15 is 0 Å². The third kappa shape index (κ3) is 3.25. The lowest BCUT2D eigenvalue weighted by atomic mass is 10.2. The predicted octanol–water partition coefficient (Wildman–Crippen LogP) is 2.37. The zero-order chi connectivity index (χ0) is 19.5. The third-order valence-corrected chi connectivity index (χ3v) is 4.29. The molecule has 0 aliphatic rings. The molecule has 0 fully saturated rings. The first-order valence-electron chi connectivity index (χ1n) is 8.82. The molecule has 4 aromatic rings. The molecule has 0 saturated heterocycles. The molecule has 1 N–H and O–H groups in total. The number of carbonyl (C=O) groups excluding carboxylic acids is 1. The van der Waals surface area contributed by atoms with Crippen LogP contribution in [0.5, 0.6) is 0 Å². The normalized spacial score (nSPS) is 10.8. The number of anilines is 1. The number of aromatic nitrogens is 7. The number of carbonyl (C=O) groups is 1. The molecule has 9 nitrogen and oxygen atoms in total. The number of nitrogens with one attached hydrogen (secondary N) is 1. The summed E-state index contributed by atoms with van der Waals surface area (Å²) in [7, 11) is 0. The highest BCUT2D eigenvalue weighted by molar-refractivity contribution is 6.05. The molecule has 3 aromatic heterocycles. The molecular formula is C19H18N8O. The van der Waals surface area contributed by atoms with Crippen LogP contribution in [0.1, 0.15) is 28.8 Å². The molecular weight excluding hydrogens is 356 g/mol. The van der Waals surface area contributed by atoms with Crippen molar-refractivity contribution in [1.82, 2.24) is 35.0 Å². The van der Waals surface area contributed by atoms with Crippen LogP contribution in [-0.4, -0.2) is 40.9 Å². The van der Waals surface area contributed by atoms with Crippen LogP contribution >= 0.6 is 0 Å². The quantitative estimate of drug-likeness (QED) is 0.575. The Morgan fingerprint density at radius 1 is 1.14 bits per heavy atom. The Morgan fingerprint density at radius 2 is 2.04 bits per heavy atom. The Morgan fingerprint density at radius 3 is 2.75 bits per heavy atom. The Hall–Kier alpha value is -3.88. The van der Waals surface area contributed by atoms with Gasteiger partial charge in [0.25, 0.3) is 5.91 Å². The number of pyridine rings is 1. The molecule has 1 amide bonds. The lowest BCUT2D eigenvalue weighted by molar-refractivity contribution is 0.102. The lowest BCUT2D eigenvalue weighted by Crippen LogP contribution is -2.15. The van der Waals surface area contributed by atoms with Gasteiger partial charge in [0.2, 0.25) is 0 Å². The maximum absolute atomic E-state index is 12.9. The summed E-state index contributed by atoms with van der Waals surface area (Å²) in [6, 6.07) is 12.9. The molecule has 4 rings (SSSR count). The minimum atomic E-state index is -0.232. The number of rotatable bonds is 5. The molecule has 0 saturated carbocycles. The van der Waals surface area contributed by atoms with Crippen LogP contribution in [0.3, 0.4) is 0 Å². The van der Waals surface area contributed by atoms with Crippen molar-refractivity contribution in [2.75, 3.05) is 5.32 Å². The van der Waals surface area contributed by atoms with Gasteiger partial charge in [-0.1, -0.05) is 19.1 Å². The van der Waals surface area contributed by atoms with Gasteiger partial charge in [0, 0.05) is 11.9 Å². The Balaban J connectivity index is 1.61. The van der Waals surface area contributed by atoms with Gasteiger partial charge < -0.3 is 5.32 Å². The number of nitrogens with zero attached hydrogens (tertiary/aromatic N) is 7. The zero-order valence-corrected chi connectivity index (χ0v) is 15.4. The summed E-state index contributed by atoms with van der Waals surface area (Å²) < 4.78 is 3.29. The van der Waals surface area contributed by atoms with E-state index in [1.165, 1.54) is 0 Å². The highest BCUT2D eigenvalue weighted by atomic mass is 16.1. The summed E-state index contributed by atoms with van der Waals surface area (Å²) in [5, 5.41) is 18.8. The van der Waals surface area contributed by atoms with Gasteiger partial charge in [0.15, 0.2) is 11.6 Å². The average Bonchev–Trinajstić information content (AvgIpc) is 3.35. The van der Waals surface area contributed by atoms with E-state index in [9.17, 15) is 4.79 Å². The van der Waals surface area contributed by atoms with E-state index in [4.69, 9.17) is 0 Å². The summed E-state index contributed by atoms with van der Waals surface area (Å²) in [5.41, 5.74) is 2.71. The van der Waals surface area contributed by atoms with Gasteiger partial charge in [-0.25, -0.2) is 9.67 Å². The highest BCUT2D eigenvalue weighted by Gasteiger charge is 2.18. The van der Waals surface area contributed by atoms with Crippen LogP contribution < -0.4 is 5.32 Å². The second-order valence-electron chi connectivity index (χ2n) is 6.10. The van der Waals surface area contributed by atoms with Gasteiger partial charge >= 0.3 is 0 Å². The predicted molar refractivity (Wildman–Crippen MR) is 103 cm³/mol. The first-order valence-corrected chi connectivity index (χ1v) is 8.82. The van der Waals surface area contributed by atoms with Crippen molar-refractivity contribution in [3.05, 3.63) is 71.9 Å². The van der Waals surface area contributed by atoms with Gasteiger partial charge in [-0.3, -0.25) is 4.79 Å². The summed E-state index contributed by atoms with van der Waals surface area (Å²) in [6.45, 7) is 3.79. The first-order chi connectivity index (χ1) is 13.7. The summed E-state index contributed by atoms with van der Waals surface area (Å²) in [4.78, 5) is 17.2. The van der Waals surface area contributed by atoms with Crippen molar-refractivity contribution in [3.8, 4) is 11.5 Å². The molecule has 140 valence electrons. The fourth-order valence-corrected chi connectivity index (χ4v) is 2.96. The molecule has 0 spiro atoms. The Labute approximate surface area is 161 Å². The molecule has 0 aliphatic heterocycles. The number of tetrazole rings is 1. The van der Waals surface area contributed by atoms with Crippen molar-refractivity contribution in [3.63, 3.8) is 0 Å². The second-order valence-corrected chi connectivity index (χ2v) is 6.10. The van der Waals surface area contributed by atoms with Crippen LogP contribution in [0, 0.1) is 6.92 Å². The standard InChI is InChI=1S/C19H18N8O/c1-3-17-16(12-21-27(17)18-9-4-5-10-20-18)19(28)22-14-7-6-8-15(11-14)26-13(2)23-24-25-26/h4-12H,3H2,1-2H3,(H,22,28). The SMILES string of the molecule is CCc1c(C(=O)Nc2cccc(-n3nnnc3C)c2)cnn1-c1ccccn1. The molecule has 0 aliphatic carbocycles. The lowest BCUT2D eigenvalue weighted by Gasteiger charge is -2.09. The molecule has 9 heteroatoms. The molecule has 0 unspecified atom stereocenters. The van der Waals surface area contributed by atoms with E-state index in [1.54, 1.807) is 21.8 Å². The maximum atomic E-state index is 12.9. The van der Waals surface area contributed by atoms with Gasteiger partial charge in [0.05, 0.1) is 23.1 Å². The van der Waals surface area contributed by atoms with Gasteiger partial charge in [-0.15, -0.1) is 5.10 Å². The van der Waals surface area contributed by atoms with E-state index < -0.39 is 0 Å². The summed E-state index contributed by atoms with van der Waals surface area (Å²) in [6.07, 6.45) is 3.91. The molecule has 0 bridgehead atoms. The fourth-order valence-electron chi connectivity index (χ4n) is 2.96. The maximum Gasteiger partial charge on any atom is 0.259 e. The molecule has 28 heavy (non-hydrogen) atoms. The molecule has 0 atom stereocenters. The van der Waals surface area contributed by atoms with Gasteiger partial charge in [0.1, 0.15) is 0 Å². The minimum Gasteiger partial charge on any atom is -0.322 e. The van der Waals surface area contributed by atoms with Crippen LogP contribution in [-0.2, 0) is 6.42 Å². The topological polar surface area (TPSA) is 103 Å². The largest absolute Gasteiger partial charge is 0.322 e. The van der Waals surface area contributed by atoms with Crippen molar-refractivity contribution >= 4 is 11.6 Å². The van der Waals surface area contributed by atoms with Crippen molar-refractivity contribution in [2.45, 2.75) is 20.3 Å². The molecule has 0 radical (unpaired) electrons. The van der Waals surface area contributed by atoms with Crippen molar-refractivity contribution in [1.29, 1.82) is 0 Å². The minimum absolute atomic E-state index is 0.232. The number of amides is 1. The first kappa shape index (κ1) is 17.5. The molecule has 1 aromatic carbocycles. The smallest absolute Gasteiger partial charge is 0.259 e. The monoisotopic (exact) mass is 374 g/mol. The highest BCUT2D eigenvalue weighted by Crippen LogP contribution is 2.18. The van der Waals surface area contributed by atoms with Crippen molar-refractivity contribution in [2.24, 2.45) is 0 Å². The average molecular weight is 374 g/mol.